The second kappa shape index (κ2) is 4.25. The zero-order chi connectivity index (χ0) is 12.5. The summed E-state index contributed by atoms with van der Waals surface area (Å²) < 4.78 is 7.02. The maximum absolute atomic E-state index is 11.8. The number of aryl methyl sites for hydroxylation is 1. The molecule has 0 bridgehead atoms. The quantitative estimate of drug-likeness (QED) is 0.882. The minimum Gasteiger partial charge on any atom is -0.408 e. The van der Waals surface area contributed by atoms with Gasteiger partial charge in [-0.25, -0.2) is 0 Å². The zero-order valence-electron chi connectivity index (χ0n) is 9.96. The van der Waals surface area contributed by atoms with Crippen LogP contribution in [0.4, 0.5) is 6.01 Å². The summed E-state index contributed by atoms with van der Waals surface area (Å²) >= 11 is 0. The van der Waals surface area contributed by atoms with Crippen molar-refractivity contribution in [2.45, 2.75) is 32.2 Å². The van der Waals surface area contributed by atoms with Crippen LogP contribution in [0.5, 0.6) is 0 Å². The average Bonchev–Trinajstić information content (AvgIpc) is 2.93. The Balaban J connectivity index is 1.68. The molecule has 7 heteroatoms. The van der Waals surface area contributed by atoms with Gasteiger partial charge in [0.1, 0.15) is 0 Å². The number of hydrogen-bond donors (Lipinski definition) is 1. The first-order valence-corrected chi connectivity index (χ1v) is 5.94. The second-order valence-electron chi connectivity index (χ2n) is 4.23. The molecular weight excluding hydrogens is 234 g/mol. The van der Waals surface area contributed by atoms with Crippen LogP contribution in [0.1, 0.15) is 42.1 Å². The third kappa shape index (κ3) is 2.11. The summed E-state index contributed by atoms with van der Waals surface area (Å²) in [5.41, 5.74) is 0.336. The average molecular weight is 247 g/mol. The lowest BCUT2D eigenvalue weighted by molar-refractivity contribution is 0.101. The maximum Gasteiger partial charge on any atom is 0.322 e. The molecule has 94 valence electrons. The third-order valence-corrected chi connectivity index (χ3v) is 2.78. The van der Waals surface area contributed by atoms with Crippen molar-refractivity contribution < 1.29 is 9.21 Å². The Morgan fingerprint density at radius 3 is 3.06 bits per heavy atom. The van der Waals surface area contributed by atoms with Crippen LogP contribution in [0.15, 0.2) is 16.7 Å². The van der Waals surface area contributed by atoms with E-state index in [0.29, 0.717) is 17.5 Å². The second-order valence-corrected chi connectivity index (χ2v) is 4.23. The number of amides is 1. The molecule has 2 heterocycles. The highest BCUT2D eigenvalue weighted by atomic mass is 16.4. The Morgan fingerprint density at radius 1 is 1.56 bits per heavy atom. The van der Waals surface area contributed by atoms with Gasteiger partial charge in [-0.3, -0.25) is 14.8 Å². The van der Waals surface area contributed by atoms with Gasteiger partial charge in [-0.2, -0.15) is 5.10 Å². The van der Waals surface area contributed by atoms with Crippen LogP contribution in [0.2, 0.25) is 0 Å². The monoisotopic (exact) mass is 247 g/mol. The van der Waals surface area contributed by atoms with E-state index in [2.05, 4.69) is 20.6 Å². The van der Waals surface area contributed by atoms with E-state index in [1.165, 1.54) is 0 Å². The lowest BCUT2D eigenvalue weighted by Crippen LogP contribution is -2.13. The van der Waals surface area contributed by atoms with Gasteiger partial charge < -0.3 is 4.42 Å². The van der Waals surface area contributed by atoms with Crippen molar-refractivity contribution in [3.8, 4) is 0 Å². The van der Waals surface area contributed by atoms with E-state index >= 15 is 0 Å². The minimum absolute atomic E-state index is 0.132. The predicted octanol–water partition coefficient (Wildman–Crippen LogP) is 1.42. The molecular formula is C11H13N5O2. The van der Waals surface area contributed by atoms with Crippen LogP contribution in [0.3, 0.4) is 0 Å². The number of anilines is 1. The lowest BCUT2D eigenvalue weighted by Gasteiger charge is -1.96. The minimum atomic E-state index is -0.340. The number of carbonyl (C=O) groups is 1. The molecule has 1 aliphatic rings. The number of nitrogens with zero attached hydrogens (tertiary/aromatic N) is 4. The first kappa shape index (κ1) is 10.9. The van der Waals surface area contributed by atoms with Crippen molar-refractivity contribution in [2.24, 2.45) is 0 Å². The molecule has 1 saturated carbocycles. The van der Waals surface area contributed by atoms with Gasteiger partial charge in [-0.15, -0.1) is 5.10 Å². The van der Waals surface area contributed by atoms with Crippen molar-refractivity contribution in [2.75, 3.05) is 5.32 Å². The van der Waals surface area contributed by atoms with Crippen LogP contribution in [0, 0.1) is 0 Å². The van der Waals surface area contributed by atoms with Crippen molar-refractivity contribution in [3.63, 3.8) is 0 Å². The van der Waals surface area contributed by atoms with E-state index in [1.807, 2.05) is 6.92 Å². The third-order valence-electron chi connectivity index (χ3n) is 2.78. The molecule has 2 aromatic heterocycles. The summed E-state index contributed by atoms with van der Waals surface area (Å²) in [6.45, 7) is 2.67. The molecule has 1 amide bonds. The van der Waals surface area contributed by atoms with Gasteiger partial charge in [0.25, 0.3) is 5.91 Å². The normalized spacial score (nSPS) is 14.7. The molecule has 1 N–H and O–H groups in total. The molecule has 0 aliphatic heterocycles. The highest BCUT2D eigenvalue weighted by Crippen LogP contribution is 2.39. The fraction of sp³-hybridized carbons (Fsp3) is 0.455. The van der Waals surface area contributed by atoms with E-state index in [1.54, 1.807) is 16.9 Å². The summed E-state index contributed by atoms with van der Waals surface area (Å²) in [5.74, 6) is 0.639. The zero-order valence-corrected chi connectivity index (χ0v) is 9.96. The highest BCUT2D eigenvalue weighted by molar-refractivity contribution is 6.01. The first-order valence-electron chi connectivity index (χ1n) is 5.94. The van der Waals surface area contributed by atoms with Crippen LogP contribution in [-0.4, -0.2) is 25.9 Å². The fourth-order valence-corrected chi connectivity index (χ4v) is 1.60. The van der Waals surface area contributed by atoms with E-state index in [0.717, 1.165) is 19.4 Å². The number of nitrogens with one attached hydrogen (secondary N) is 1. The van der Waals surface area contributed by atoms with Crippen molar-refractivity contribution in [1.29, 1.82) is 0 Å². The molecule has 0 unspecified atom stereocenters. The molecule has 0 atom stereocenters. The van der Waals surface area contributed by atoms with E-state index in [-0.39, 0.29) is 11.9 Å². The van der Waals surface area contributed by atoms with Gasteiger partial charge in [0, 0.05) is 18.7 Å². The molecule has 0 radical (unpaired) electrons. The van der Waals surface area contributed by atoms with Crippen LogP contribution < -0.4 is 5.32 Å². The number of rotatable bonds is 4. The van der Waals surface area contributed by atoms with Crippen LogP contribution >= 0.6 is 0 Å². The van der Waals surface area contributed by atoms with Gasteiger partial charge >= 0.3 is 6.01 Å². The number of aromatic nitrogens is 4. The van der Waals surface area contributed by atoms with E-state index in [4.69, 9.17) is 4.42 Å². The van der Waals surface area contributed by atoms with Crippen molar-refractivity contribution in [3.05, 3.63) is 23.8 Å². The van der Waals surface area contributed by atoms with Gasteiger partial charge in [-0.05, 0) is 25.8 Å². The maximum atomic E-state index is 11.8. The van der Waals surface area contributed by atoms with Crippen molar-refractivity contribution >= 4 is 11.9 Å². The SMILES string of the molecule is CCn1ccc(C(=O)Nc2nnc(C3CC3)o2)n1. The van der Waals surface area contributed by atoms with Gasteiger partial charge in [-0.1, -0.05) is 5.10 Å². The Kier molecular flexibility index (Phi) is 2.58. The highest BCUT2D eigenvalue weighted by Gasteiger charge is 2.29. The molecule has 3 rings (SSSR count). The summed E-state index contributed by atoms with van der Waals surface area (Å²) in [6, 6.07) is 1.78. The molecule has 0 saturated heterocycles. The summed E-state index contributed by atoms with van der Waals surface area (Å²) in [4.78, 5) is 11.8. The molecule has 1 aliphatic carbocycles. The van der Waals surface area contributed by atoms with Gasteiger partial charge in [0.15, 0.2) is 5.69 Å². The Bertz CT molecular complexity index is 570. The molecule has 0 spiro atoms. The molecule has 7 nitrogen and oxygen atoms in total. The van der Waals surface area contributed by atoms with Gasteiger partial charge in [0.05, 0.1) is 0 Å². The van der Waals surface area contributed by atoms with E-state index in [9.17, 15) is 4.79 Å². The number of hydrogen-bond acceptors (Lipinski definition) is 5. The fourth-order valence-electron chi connectivity index (χ4n) is 1.60. The van der Waals surface area contributed by atoms with Crippen LogP contribution in [-0.2, 0) is 6.54 Å². The lowest BCUT2D eigenvalue weighted by atomic mass is 10.4. The summed E-state index contributed by atoms with van der Waals surface area (Å²) in [6.07, 6.45) is 3.91. The molecule has 2 aromatic rings. The molecule has 18 heavy (non-hydrogen) atoms. The predicted molar refractivity (Wildman–Crippen MR) is 62.1 cm³/mol. The van der Waals surface area contributed by atoms with Crippen molar-refractivity contribution in [1.82, 2.24) is 20.0 Å². The summed E-state index contributed by atoms with van der Waals surface area (Å²) in [7, 11) is 0. The number of carbonyl (C=O) groups excluding carboxylic acids is 1. The van der Waals surface area contributed by atoms with Gasteiger partial charge in [0.2, 0.25) is 5.89 Å². The largest absolute Gasteiger partial charge is 0.408 e. The summed E-state index contributed by atoms with van der Waals surface area (Å²) in [5, 5.41) is 14.3. The Hall–Kier alpha value is -2.18. The molecule has 1 fully saturated rings. The Labute approximate surface area is 103 Å². The van der Waals surface area contributed by atoms with E-state index < -0.39 is 0 Å². The van der Waals surface area contributed by atoms with Crippen LogP contribution in [0.25, 0.3) is 0 Å². The first-order chi connectivity index (χ1) is 8.76. The Morgan fingerprint density at radius 2 is 2.39 bits per heavy atom. The standard InChI is InChI=1S/C11H13N5O2/c1-2-16-6-5-8(15-16)9(17)12-11-14-13-10(18-11)7-3-4-7/h5-7H,2-4H2,1H3,(H,12,14,17). The topological polar surface area (TPSA) is 85.8 Å². The smallest absolute Gasteiger partial charge is 0.322 e. The molecule has 0 aromatic carbocycles.